The Morgan fingerprint density at radius 3 is 2.58 bits per heavy atom. The predicted octanol–water partition coefficient (Wildman–Crippen LogP) is 4.32. The van der Waals surface area contributed by atoms with Crippen molar-refractivity contribution in [1.29, 1.82) is 0 Å². The molecule has 168 valence electrons. The molecule has 0 bridgehead atoms. The number of halogens is 1. The van der Waals surface area contributed by atoms with Crippen LogP contribution in [-0.4, -0.2) is 44.4 Å². The molecule has 1 amide bonds. The van der Waals surface area contributed by atoms with Gasteiger partial charge in [0.1, 0.15) is 16.4 Å². The van der Waals surface area contributed by atoms with Gasteiger partial charge in [0.05, 0.1) is 6.61 Å². The molecule has 1 saturated heterocycles. The van der Waals surface area contributed by atoms with Crippen molar-refractivity contribution in [3.63, 3.8) is 0 Å². The lowest BCUT2D eigenvalue weighted by Gasteiger charge is -2.27. The van der Waals surface area contributed by atoms with Crippen LogP contribution in [0.4, 0.5) is 5.69 Å². The van der Waals surface area contributed by atoms with Crippen LogP contribution in [0.25, 0.3) is 0 Å². The van der Waals surface area contributed by atoms with Gasteiger partial charge in [-0.1, -0.05) is 24.1 Å². The lowest BCUT2D eigenvalue weighted by Crippen LogP contribution is -2.36. The minimum Gasteiger partial charge on any atom is -0.492 e. The summed E-state index contributed by atoms with van der Waals surface area (Å²) in [5.41, 5.74) is 0.352. The number of anilines is 1. The summed E-state index contributed by atoms with van der Waals surface area (Å²) in [4.78, 5) is 12.7. The summed E-state index contributed by atoms with van der Waals surface area (Å²) < 4.78 is 39.1. The third kappa shape index (κ3) is 5.90. The first-order valence-electron chi connectivity index (χ1n) is 10.3. The largest absolute Gasteiger partial charge is 0.492 e. The smallest absolute Gasteiger partial charge is 0.265 e. The number of rotatable bonds is 8. The Hall–Kier alpha value is -2.29. The van der Waals surface area contributed by atoms with Gasteiger partial charge in [-0.05, 0) is 63.1 Å². The minimum atomic E-state index is -3.74. The van der Waals surface area contributed by atoms with E-state index in [4.69, 9.17) is 21.1 Å². The molecule has 0 aromatic heterocycles. The van der Waals surface area contributed by atoms with Gasteiger partial charge in [0, 0.05) is 23.8 Å². The van der Waals surface area contributed by atoms with E-state index >= 15 is 0 Å². The Morgan fingerprint density at radius 1 is 1.16 bits per heavy atom. The quantitative estimate of drug-likeness (QED) is 0.626. The maximum Gasteiger partial charge on any atom is 0.265 e. The maximum atomic E-state index is 13.2. The Labute approximate surface area is 188 Å². The first-order chi connectivity index (χ1) is 14.8. The zero-order chi connectivity index (χ0) is 22.4. The van der Waals surface area contributed by atoms with Crippen molar-refractivity contribution in [3.05, 3.63) is 47.5 Å². The second kappa shape index (κ2) is 10.3. The molecule has 0 saturated carbocycles. The summed E-state index contributed by atoms with van der Waals surface area (Å²) in [5, 5.41) is 3.23. The Morgan fingerprint density at radius 2 is 1.90 bits per heavy atom. The molecule has 1 atom stereocenters. The number of nitrogens with one attached hydrogen (secondary N) is 1. The maximum absolute atomic E-state index is 13.2. The summed E-state index contributed by atoms with van der Waals surface area (Å²) in [7, 11) is -3.74. The van der Waals surface area contributed by atoms with Crippen molar-refractivity contribution in [2.75, 3.05) is 25.0 Å². The summed E-state index contributed by atoms with van der Waals surface area (Å²) >= 11 is 5.95. The Bertz CT molecular complexity index is 1020. The summed E-state index contributed by atoms with van der Waals surface area (Å²) in [6, 6.07) is 11.4. The number of hydrogen-bond acceptors (Lipinski definition) is 5. The van der Waals surface area contributed by atoms with Crippen molar-refractivity contribution in [2.24, 2.45) is 0 Å². The summed E-state index contributed by atoms with van der Waals surface area (Å²) in [6.45, 7) is 4.70. The van der Waals surface area contributed by atoms with Crippen molar-refractivity contribution >= 4 is 33.2 Å². The second-order valence-electron chi connectivity index (χ2n) is 7.27. The highest BCUT2D eigenvalue weighted by Crippen LogP contribution is 2.31. The molecular formula is C22H27ClN2O5S. The van der Waals surface area contributed by atoms with Crippen molar-refractivity contribution in [2.45, 2.75) is 44.1 Å². The molecule has 0 radical (unpaired) electrons. The SMILES string of the molecule is CCOc1ccc(NC(=O)C(C)Oc2cccc(Cl)c2)cc1S(=O)(=O)N1CCCCC1. The molecule has 1 unspecified atom stereocenters. The van der Waals surface area contributed by atoms with Crippen molar-refractivity contribution in [1.82, 2.24) is 4.31 Å². The molecule has 7 nitrogen and oxygen atoms in total. The third-order valence-corrected chi connectivity index (χ3v) is 7.08. The predicted molar refractivity (Wildman–Crippen MR) is 120 cm³/mol. The van der Waals surface area contributed by atoms with E-state index in [1.54, 1.807) is 50.2 Å². The van der Waals surface area contributed by atoms with Crippen LogP contribution in [0.5, 0.6) is 11.5 Å². The van der Waals surface area contributed by atoms with Crippen LogP contribution in [-0.2, 0) is 14.8 Å². The van der Waals surface area contributed by atoms with Crippen molar-refractivity contribution in [3.8, 4) is 11.5 Å². The molecule has 3 rings (SSSR count). The second-order valence-corrected chi connectivity index (χ2v) is 9.61. The summed E-state index contributed by atoms with van der Waals surface area (Å²) in [6.07, 6.45) is 1.87. The van der Waals surface area contributed by atoms with Crippen LogP contribution in [0, 0.1) is 0 Å². The van der Waals surface area contributed by atoms with E-state index < -0.39 is 22.0 Å². The van der Waals surface area contributed by atoms with Gasteiger partial charge in [-0.2, -0.15) is 4.31 Å². The minimum absolute atomic E-state index is 0.0532. The van der Waals surface area contributed by atoms with Crippen LogP contribution >= 0.6 is 11.6 Å². The van der Waals surface area contributed by atoms with Crippen LogP contribution in [0.15, 0.2) is 47.4 Å². The van der Waals surface area contributed by atoms with Crippen molar-refractivity contribution < 1.29 is 22.7 Å². The average Bonchev–Trinajstić information content (AvgIpc) is 2.75. The number of ether oxygens (including phenoxy) is 2. The van der Waals surface area contributed by atoms with Gasteiger partial charge < -0.3 is 14.8 Å². The fourth-order valence-corrected chi connectivity index (χ4v) is 5.20. The highest BCUT2D eigenvalue weighted by molar-refractivity contribution is 7.89. The van der Waals surface area contributed by atoms with Gasteiger partial charge in [-0.25, -0.2) is 8.42 Å². The Kier molecular flexibility index (Phi) is 7.80. The number of piperidine rings is 1. The molecule has 1 aliphatic rings. The number of nitrogens with zero attached hydrogens (tertiary/aromatic N) is 1. The molecule has 0 spiro atoms. The number of benzene rings is 2. The van der Waals surface area contributed by atoms with Gasteiger partial charge in [0.15, 0.2) is 6.10 Å². The highest BCUT2D eigenvalue weighted by Gasteiger charge is 2.29. The topological polar surface area (TPSA) is 84.9 Å². The molecule has 2 aromatic rings. The average molecular weight is 467 g/mol. The first kappa shape index (κ1) is 23.4. The van der Waals surface area contributed by atoms with E-state index in [0.29, 0.717) is 36.2 Å². The summed E-state index contributed by atoms with van der Waals surface area (Å²) in [5.74, 6) is 0.329. The van der Waals surface area contributed by atoms with E-state index in [-0.39, 0.29) is 10.6 Å². The molecule has 2 aromatic carbocycles. The number of sulfonamides is 1. The van der Waals surface area contributed by atoms with E-state index in [2.05, 4.69) is 5.32 Å². The molecule has 0 aliphatic carbocycles. The van der Waals surface area contributed by atoms with E-state index in [9.17, 15) is 13.2 Å². The van der Waals surface area contributed by atoms with Crippen LogP contribution in [0.1, 0.15) is 33.1 Å². The van der Waals surface area contributed by atoms with Crippen LogP contribution in [0.3, 0.4) is 0 Å². The zero-order valence-corrected chi connectivity index (χ0v) is 19.2. The zero-order valence-electron chi connectivity index (χ0n) is 17.6. The fourth-order valence-electron chi connectivity index (χ4n) is 3.35. The first-order valence-corrected chi connectivity index (χ1v) is 12.1. The lowest BCUT2D eigenvalue weighted by molar-refractivity contribution is -0.122. The van der Waals surface area contributed by atoms with Gasteiger partial charge in [0.2, 0.25) is 10.0 Å². The lowest BCUT2D eigenvalue weighted by atomic mass is 10.2. The van der Waals surface area contributed by atoms with E-state index in [1.165, 1.54) is 10.4 Å². The molecular weight excluding hydrogens is 440 g/mol. The third-order valence-electron chi connectivity index (χ3n) is 4.92. The van der Waals surface area contributed by atoms with Gasteiger partial charge in [-0.3, -0.25) is 4.79 Å². The number of carbonyl (C=O) groups is 1. The van der Waals surface area contributed by atoms with Crippen LogP contribution < -0.4 is 14.8 Å². The fraction of sp³-hybridized carbons (Fsp3) is 0.409. The molecule has 1 aliphatic heterocycles. The van der Waals surface area contributed by atoms with Gasteiger partial charge >= 0.3 is 0 Å². The number of amides is 1. The molecule has 1 fully saturated rings. The molecule has 1 N–H and O–H groups in total. The number of carbonyl (C=O) groups excluding carboxylic acids is 1. The van der Waals surface area contributed by atoms with Gasteiger partial charge in [0.25, 0.3) is 5.91 Å². The molecule has 9 heteroatoms. The molecule has 1 heterocycles. The van der Waals surface area contributed by atoms with E-state index in [0.717, 1.165) is 19.3 Å². The van der Waals surface area contributed by atoms with Gasteiger partial charge in [-0.15, -0.1) is 0 Å². The highest BCUT2D eigenvalue weighted by atomic mass is 35.5. The van der Waals surface area contributed by atoms with Crippen LogP contribution in [0.2, 0.25) is 5.02 Å². The normalized spacial score (nSPS) is 15.8. The number of hydrogen-bond donors (Lipinski definition) is 1. The molecule has 31 heavy (non-hydrogen) atoms. The Balaban J connectivity index is 1.80. The standard InChI is InChI=1S/C22H27ClN2O5S/c1-3-29-20-11-10-18(15-21(20)31(27,28)25-12-5-4-6-13-25)24-22(26)16(2)30-19-9-7-8-17(23)14-19/h7-11,14-16H,3-6,12-13H2,1-2H3,(H,24,26). The van der Waals surface area contributed by atoms with E-state index in [1.807, 2.05) is 0 Å². The monoisotopic (exact) mass is 466 g/mol.